The first-order valence-electron chi connectivity index (χ1n) is 3.64. The molecule has 0 atom stereocenters. The largest absolute Gasteiger partial charge is 0.469 e. The second-order valence-corrected chi connectivity index (χ2v) is 2.55. The molecule has 0 saturated heterocycles. The maximum atomic E-state index is 10.2. The van der Waals surface area contributed by atoms with E-state index in [1.165, 1.54) is 14.0 Å². The Labute approximate surface area is 97.8 Å². The zero-order valence-corrected chi connectivity index (χ0v) is 10.9. The molecule has 0 saturated carbocycles. The van der Waals surface area contributed by atoms with Crippen molar-refractivity contribution in [2.45, 2.75) is 33.3 Å². The summed E-state index contributed by atoms with van der Waals surface area (Å²) in [6.07, 6.45) is -0.281. The van der Waals surface area contributed by atoms with Crippen molar-refractivity contribution in [2.24, 2.45) is 0 Å². The number of carbonyl (C=O) groups excluding carboxylic acids is 2. The number of hydrogen-bond donors (Lipinski definition) is 1. The SMILES string of the molecule is CC(C)O.COC(=O)CC(C)=O.[Zr]. The molecule has 76 valence electrons. The fourth-order valence-corrected chi connectivity index (χ4v) is 0.275. The Balaban J connectivity index is -0.000000173. The second kappa shape index (κ2) is 12.0. The van der Waals surface area contributed by atoms with E-state index in [9.17, 15) is 9.59 Å². The number of rotatable bonds is 2. The number of ketones is 1. The molecule has 0 aromatic carbocycles. The molecule has 0 radical (unpaired) electrons. The molecule has 0 bridgehead atoms. The second-order valence-electron chi connectivity index (χ2n) is 2.55. The van der Waals surface area contributed by atoms with Crippen LogP contribution in [0.1, 0.15) is 27.2 Å². The fraction of sp³-hybridized carbons (Fsp3) is 0.750. The smallest absolute Gasteiger partial charge is 0.313 e. The number of hydrogen-bond acceptors (Lipinski definition) is 4. The third-order valence-electron chi connectivity index (χ3n) is 0.621. The molecule has 0 rings (SSSR count). The van der Waals surface area contributed by atoms with Gasteiger partial charge in [-0.25, -0.2) is 0 Å². The van der Waals surface area contributed by atoms with Gasteiger partial charge in [-0.05, 0) is 20.8 Å². The Bertz CT molecular complexity index is 142. The number of aliphatic hydroxyl groups is 1. The maximum Gasteiger partial charge on any atom is 0.313 e. The topological polar surface area (TPSA) is 63.6 Å². The third-order valence-corrected chi connectivity index (χ3v) is 0.621. The number of ether oxygens (including phenoxy) is 1. The van der Waals surface area contributed by atoms with E-state index >= 15 is 0 Å². The van der Waals surface area contributed by atoms with Gasteiger partial charge in [-0.3, -0.25) is 9.59 Å². The molecule has 0 aliphatic heterocycles. The van der Waals surface area contributed by atoms with Crippen LogP contribution in [0.25, 0.3) is 0 Å². The van der Waals surface area contributed by atoms with Crippen molar-refractivity contribution < 1.29 is 45.6 Å². The number of carbonyl (C=O) groups is 2. The van der Waals surface area contributed by atoms with E-state index in [0.29, 0.717) is 0 Å². The summed E-state index contributed by atoms with van der Waals surface area (Å²) in [6, 6.07) is 0. The quantitative estimate of drug-likeness (QED) is 0.585. The number of Topliss-reactive ketones (excluding diaryl/α,β-unsaturated/α-hetero) is 1. The zero-order chi connectivity index (χ0) is 10.1. The van der Waals surface area contributed by atoms with E-state index < -0.39 is 5.97 Å². The van der Waals surface area contributed by atoms with Gasteiger partial charge in [-0.1, -0.05) is 0 Å². The molecule has 1 N–H and O–H groups in total. The molecule has 0 aliphatic carbocycles. The molecule has 0 unspecified atom stereocenters. The van der Waals surface area contributed by atoms with Gasteiger partial charge in [0.1, 0.15) is 12.2 Å². The predicted octanol–water partition coefficient (Wildman–Crippen LogP) is 0.523. The first kappa shape index (κ1) is 18.7. The van der Waals surface area contributed by atoms with Gasteiger partial charge in [0.15, 0.2) is 0 Å². The molecule has 13 heavy (non-hydrogen) atoms. The van der Waals surface area contributed by atoms with Gasteiger partial charge in [-0.2, -0.15) is 0 Å². The van der Waals surface area contributed by atoms with Crippen LogP contribution >= 0.6 is 0 Å². The minimum absolute atomic E-state index is 0. The summed E-state index contributed by atoms with van der Waals surface area (Å²) in [7, 11) is 1.26. The molecule has 0 amide bonds. The Morgan fingerprint density at radius 3 is 1.77 bits per heavy atom. The first-order valence-corrected chi connectivity index (χ1v) is 3.64. The van der Waals surface area contributed by atoms with Crippen molar-refractivity contribution >= 4 is 11.8 Å². The molecular formula is C8H16O4Zr. The molecular weight excluding hydrogens is 251 g/mol. The Hall–Kier alpha value is -0.0169. The van der Waals surface area contributed by atoms with Crippen LogP contribution in [-0.2, 0) is 40.5 Å². The first-order chi connectivity index (χ1) is 5.40. The van der Waals surface area contributed by atoms with Crippen molar-refractivity contribution in [2.75, 3.05) is 7.11 Å². The predicted molar refractivity (Wildman–Crippen MR) is 44.7 cm³/mol. The Morgan fingerprint density at radius 2 is 1.69 bits per heavy atom. The number of esters is 1. The molecule has 0 aliphatic rings. The van der Waals surface area contributed by atoms with Crippen molar-refractivity contribution in [3.63, 3.8) is 0 Å². The molecule has 0 aromatic heterocycles. The van der Waals surface area contributed by atoms with E-state index in [0.717, 1.165) is 0 Å². The minimum Gasteiger partial charge on any atom is -0.469 e. The summed E-state index contributed by atoms with van der Waals surface area (Å²) in [5.74, 6) is -0.644. The van der Waals surface area contributed by atoms with Crippen LogP contribution in [0.15, 0.2) is 0 Å². The summed E-state index contributed by atoms with van der Waals surface area (Å²) in [6.45, 7) is 4.79. The zero-order valence-electron chi connectivity index (χ0n) is 8.46. The summed E-state index contributed by atoms with van der Waals surface area (Å²) in [5, 5.41) is 8.06. The van der Waals surface area contributed by atoms with Gasteiger partial charge in [0.25, 0.3) is 0 Å². The van der Waals surface area contributed by atoms with Crippen LogP contribution in [-0.4, -0.2) is 30.1 Å². The Kier molecular flexibility index (Phi) is 17.2. The minimum atomic E-state index is -0.475. The van der Waals surface area contributed by atoms with Crippen molar-refractivity contribution in [1.29, 1.82) is 0 Å². The van der Waals surface area contributed by atoms with Crippen molar-refractivity contribution in [3.8, 4) is 0 Å². The van der Waals surface area contributed by atoms with Crippen LogP contribution in [0.4, 0.5) is 0 Å². The normalized spacial score (nSPS) is 7.85. The van der Waals surface area contributed by atoms with E-state index in [2.05, 4.69) is 4.74 Å². The average Bonchev–Trinajstić information content (AvgIpc) is 1.84. The van der Waals surface area contributed by atoms with Gasteiger partial charge in [-0.15, -0.1) is 0 Å². The maximum absolute atomic E-state index is 10.2. The number of aliphatic hydroxyl groups excluding tert-OH is 1. The van der Waals surface area contributed by atoms with Gasteiger partial charge in [0.2, 0.25) is 0 Å². The summed E-state index contributed by atoms with van der Waals surface area (Å²) in [4.78, 5) is 20.3. The van der Waals surface area contributed by atoms with Crippen molar-refractivity contribution in [3.05, 3.63) is 0 Å². The number of methoxy groups -OCH3 is 1. The van der Waals surface area contributed by atoms with E-state index in [4.69, 9.17) is 5.11 Å². The van der Waals surface area contributed by atoms with Gasteiger partial charge in [0, 0.05) is 32.3 Å². The monoisotopic (exact) mass is 266 g/mol. The fourth-order valence-electron chi connectivity index (χ4n) is 0.275. The summed E-state index contributed by atoms with van der Waals surface area (Å²) in [5.41, 5.74) is 0. The third kappa shape index (κ3) is 33.4. The van der Waals surface area contributed by atoms with E-state index in [1.54, 1.807) is 13.8 Å². The summed E-state index contributed by atoms with van der Waals surface area (Å²) < 4.78 is 4.20. The molecule has 0 heterocycles. The van der Waals surface area contributed by atoms with E-state index in [1.807, 2.05) is 0 Å². The van der Waals surface area contributed by atoms with Gasteiger partial charge >= 0.3 is 5.97 Å². The molecule has 0 fully saturated rings. The van der Waals surface area contributed by atoms with Crippen LogP contribution in [0.5, 0.6) is 0 Å². The summed E-state index contributed by atoms with van der Waals surface area (Å²) >= 11 is 0. The Morgan fingerprint density at radius 1 is 1.38 bits per heavy atom. The van der Waals surface area contributed by atoms with Crippen molar-refractivity contribution in [1.82, 2.24) is 0 Å². The van der Waals surface area contributed by atoms with E-state index in [-0.39, 0.29) is 44.5 Å². The molecule has 4 nitrogen and oxygen atoms in total. The van der Waals surface area contributed by atoms with Gasteiger partial charge in [0.05, 0.1) is 7.11 Å². The molecule has 0 spiro atoms. The molecule has 0 aromatic rings. The van der Waals surface area contributed by atoms with Crippen LogP contribution in [0.3, 0.4) is 0 Å². The average molecular weight is 267 g/mol. The molecule has 5 heteroatoms. The standard InChI is InChI=1S/C5H8O3.C3H8O.Zr/c1-4(6)3-5(7)8-2;1-3(2)4;/h3H2,1-2H3;3-4H,1-2H3;. The van der Waals surface area contributed by atoms with Gasteiger partial charge < -0.3 is 9.84 Å². The van der Waals surface area contributed by atoms with Crippen LogP contribution < -0.4 is 0 Å². The van der Waals surface area contributed by atoms with Crippen LogP contribution in [0.2, 0.25) is 0 Å². The van der Waals surface area contributed by atoms with Crippen LogP contribution in [0, 0.1) is 0 Å².